The quantitative estimate of drug-likeness (QED) is 0.710. The van der Waals surface area contributed by atoms with Crippen molar-refractivity contribution < 1.29 is 5.11 Å². The van der Waals surface area contributed by atoms with Crippen LogP contribution < -0.4 is 5.32 Å². The molecule has 0 unspecified atom stereocenters. The fraction of sp³-hybridized carbons (Fsp3) is 0.294. The number of hydrogen-bond acceptors (Lipinski definition) is 2. The predicted molar refractivity (Wildman–Crippen MR) is 82.0 cm³/mol. The van der Waals surface area contributed by atoms with Gasteiger partial charge in [0, 0.05) is 28.4 Å². The number of aliphatic hydroxyl groups is 1. The molecule has 1 aromatic heterocycles. The summed E-state index contributed by atoms with van der Waals surface area (Å²) in [5, 5.41) is 16.2. The largest absolute Gasteiger partial charge is 0.390 e. The van der Waals surface area contributed by atoms with E-state index >= 15 is 0 Å². The topological polar surface area (TPSA) is 37.2 Å². The number of benzene rings is 2. The van der Waals surface area contributed by atoms with Gasteiger partial charge in [0.1, 0.15) is 0 Å². The standard InChI is InChI=1S/C17H18N2O/c20-17-11-18-10-9-16(17)19-14-7-3-1-5-12(14)13-6-2-4-8-15(13)19/h1-8,16-18,20H,9-11H2/t16-,17-/m0/s1. The van der Waals surface area contributed by atoms with Gasteiger partial charge in [-0.1, -0.05) is 36.4 Å². The van der Waals surface area contributed by atoms with Gasteiger partial charge in [0.2, 0.25) is 0 Å². The highest BCUT2D eigenvalue weighted by Crippen LogP contribution is 2.34. The summed E-state index contributed by atoms with van der Waals surface area (Å²) in [6, 6.07) is 17.1. The first-order valence-electron chi connectivity index (χ1n) is 7.23. The molecule has 0 saturated carbocycles. The molecule has 2 aromatic carbocycles. The van der Waals surface area contributed by atoms with E-state index in [1.165, 1.54) is 21.8 Å². The molecule has 3 heteroatoms. The summed E-state index contributed by atoms with van der Waals surface area (Å²) in [7, 11) is 0. The average molecular weight is 266 g/mol. The van der Waals surface area contributed by atoms with Crippen molar-refractivity contribution in [3.63, 3.8) is 0 Å². The van der Waals surface area contributed by atoms with E-state index in [0.717, 1.165) is 13.0 Å². The van der Waals surface area contributed by atoms with Crippen molar-refractivity contribution in [1.82, 2.24) is 9.88 Å². The highest BCUT2D eigenvalue weighted by atomic mass is 16.3. The van der Waals surface area contributed by atoms with E-state index < -0.39 is 0 Å². The van der Waals surface area contributed by atoms with E-state index in [0.29, 0.717) is 6.54 Å². The van der Waals surface area contributed by atoms with Crippen molar-refractivity contribution in [2.45, 2.75) is 18.6 Å². The minimum absolute atomic E-state index is 0.154. The Morgan fingerprint density at radius 1 is 0.950 bits per heavy atom. The summed E-state index contributed by atoms with van der Waals surface area (Å²) in [6.45, 7) is 1.63. The lowest BCUT2D eigenvalue weighted by molar-refractivity contribution is 0.0913. The van der Waals surface area contributed by atoms with Gasteiger partial charge in [-0.05, 0) is 25.1 Å². The molecule has 102 valence electrons. The molecule has 3 aromatic rings. The van der Waals surface area contributed by atoms with Gasteiger partial charge in [0.05, 0.1) is 12.1 Å². The summed E-state index contributed by atoms with van der Waals surface area (Å²) >= 11 is 0. The molecular formula is C17H18N2O. The lowest BCUT2D eigenvalue weighted by Crippen LogP contribution is -2.41. The number of piperidine rings is 1. The first-order valence-corrected chi connectivity index (χ1v) is 7.23. The Balaban J connectivity index is 2.04. The first kappa shape index (κ1) is 11.9. The Kier molecular flexibility index (Phi) is 2.76. The zero-order chi connectivity index (χ0) is 13.5. The second-order valence-electron chi connectivity index (χ2n) is 5.53. The second-order valence-corrected chi connectivity index (χ2v) is 5.53. The van der Waals surface area contributed by atoms with E-state index in [4.69, 9.17) is 0 Å². The van der Waals surface area contributed by atoms with Crippen molar-refractivity contribution in [3.8, 4) is 0 Å². The Morgan fingerprint density at radius 2 is 1.55 bits per heavy atom. The van der Waals surface area contributed by atoms with Gasteiger partial charge >= 0.3 is 0 Å². The third-order valence-electron chi connectivity index (χ3n) is 4.36. The van der Waals surface area contributed by atoms with E-state index in [9.17, 15) is 5.11 Å². The summed E-state index contributed by atoms with van der Waals surface area (Å²) in [4.78, 5) is 0. The fourth-order valence-corrected chi connectivity index (χ4v) is 3.44. The van der Waals surface area contributed by atoms with E-state index in [-0.39, 0.29) is 12.1 Å². The van der Waals surface area contributed by atoms with Crippen LogP contribution in [0.2, 0.25) is 0 Å². The van der Waals surface area contributed by atoms with Crippen LogP contribution in [-0.4, -0.2) is 28.9 Å². The minimum Gasteiger partial charge on any atom is -0.390 e. The van der Waals surface area contributed by atoms with Gasteiger partial charge in [-0.15, -0.1) is 0 Å². The van der Waals surface area contributed by atoms with Crippen molar-refractivity contribution in [2.75, 3.05) is 13.1 Å². The molecule has 4 rings (SSSR count). The number of fused-ring (bicyclic) bond motifs is 3. The Labute approximate surface area is 117 Å². The van der Waals surface area contributed by atoms with Crippen LogP contribution in [0.3, 0.4) is 0 Å². The van der Waals surface area contributed by atoms with Gasteiger partial charge in [0.15, 0.2) is 0 Å². The molecule has 0 radical (unpaired) electrons. The van der Waals surface area contributed by atoms with Crippen LogP contribution in [0.1, 0.15) is 12.5 Å². The monoisotopic (exact) mass is 266 g/mol. The molecule has 0 bridgehead atoms. The van der Waals surface area contributed by atoms with Crippen LogP contribution in [-0.2, 0) is 0 Å². The number of nitrogens with zero attached hydrogens (tertiary/aromatic N) is 1. The molecule has 1 aliphatic heterocycles. The third kappa shape index (κ3) is 1.67. The number of aliphatic hydroxyl groups excluding tert-OH is 1. The summed E-state index contributed by atoms with van der Waals surface area (Å²) in [5.74, 6) is 0. The van der Waals surface area contributed by atoms with Crippen LogP contribution in [0.25, 0.3) is 21.8 Å². The molecule has 0 amide bonds. The van der Waals surface area contributed by atoms with E-state index in [1.807, 2.05) is 0 Å². The molecule has 0 aliphatic carbocycles. The van der Waals surface area contributed by atoms with E-state index in [1.54, 1.807) is 0 Å². The third-order valence-corrected chi connectivity index (χ3v) is 4.36. The lowest BCUT2D eigenvalue weighted by atomic mass is 10.0. The maximum Gasteiger partial charge on any atom is 0.0872 e. The molecule has 1 fully saturated rings. The number of β-amino-alcohol motifs (C(OH)–C–C–N with tert-alkyl or cyclic N) is 1. The Morgan fingerprint density at radius 3 is 2.15 bits per heavy atom. The lowest BCUT2D eigenvalue weighted by Gasteiger charge is -2.31. The first-order chi connectivity index (χ1) is 9.86. The number of nitrogens with one attached hydrogen (secondary N) is 1. The van der Waals surface area contributed by atoms with Crippen LogP contribution >= 0.6 is 0 Å². The number of para-hydroxylation sites is 2. The molecule has 20 heavy (non-hydrogen) atoms. The molecule has 2 atom stereocenters. The van der Waals surface area contributed by atoms with Gasteiger partial charge in [-0.2, -0.15) is 0 Å². The Bertz CT molecular complexity index is 709. The van der Waals surface area contributed by atoms with Crippen molar-refractivity contribution in [3.05, 3.63) is 48.5 Å². The van der Waals surface area contributed by atoms with Crippen molar-refractivity contribution >= 4 is 21.8 Å². The fourth-order valence-electron chi connectivity index (χ4n) is 3.44. The molecular weight excluding hydrogens is 248 g/mol. The van der Waals surface area contributed by atoms with Crippen LogP contribution in [0.4, 0.5) is 0 Å². The second kappa shape index (κ2) is 4.62. The van der Waals surface area contributed by atoms with Gasteiger partial charge in [-0.25, -0.2) is 0 Å². The molecule has 2 heterocycles. The normalized spacial score (nSPS) is 23.4. The highest BCUT2D eigenvalue weighted by Gasteiger charge is 2.27. The van der Waals surface area contributed by atoms with Gasteiger partial charge in [-0.3, -0.25) is 0 Å². The van der Waals surface area contributed by atoms with Crippen LogP contribution in [0.5, 0.6) is 0 Å². The maximum absolute atomic E-state index is 10.4. The SMILES string of the molecule is O[C@H]1CNCC[C@@H]1n1c2ccccc2c2ccccc21. The maximum atomic E-state index is 10.4. The molecule has 0 spiro atoms. The number of aromatic nitrogens is 1. The zero-order valence-electron chi connectivity index (χ0n) is 11.3. The summed E-state index contributed by atoms with van der Waals surface area (Å²) < 4.78 is 2.33. The summed E-state index contributed by atoms with van der Waals surface area (Å²) in [5.41, 5.74) is 2.44. The average Bonchev–Trinajstić information content (AvgIpc) is 2.83. The van der Waals surface area contributed by atoms with Crippen LogP contribution in [0.15, 0.2) is 48.5 Å². The van der Waals surface area contributed by atoms with Crippen molar-refractivity contribution in [2.24, 2.45) is 0 Å². The van der Waals surface area contributed by atoms with Gasteiger partial charge < -0.3 is 15.0 Å². The Hall–Kier alpha value is -1.84. The minimum atomic E-state index is -0.331. The highest BCUT2D eigenvalue weighted by molar-refractivity contribution is 6.08. The molecule has 1 saturated heterocycles. The summed E-state index contributed by atoms with van der Waals surface area (Å²) in [6.07, 6.45) is 0.632. The van der Waals surface area contributed by atoms with E-state index in [2.05, 4.69) is 58.4 Å². The molecule has 2 N–H and O–H groups in total. The number of rotatable bonds is 1. The smallest absolute Gasteiger partial charge is 0.0872 e. The van der Waals surface area contributed by atoms with Crippen LogP contribution in [0, 0.1) is 0 Å². The predicted octanol–water partition coefficient (Wildman–Crippen LogP) is 2.69. The number of hydrogen-bond donors (Lipinski definition) is 2. The van der Waals surface area contributed by atoms with Crippen molar-refractivity contribution in [1.29, 1.82) is 0 Å². The zero-order valence-corrected chi connectivity index (χ0v) is 11.3. The molecule has 1 aliphatic rings. The molecule has 3 nitrogen and oxygen atoms in total. The van der Waals surface area contributed by atoms with Gasteiger partial charge in [0.25, 0.3) is 0 Å².